The second-order valence-corrected chi connectivity index (χ2v) is 8.29. The molecule has 2 rings (SSSR count). The molecule has 3 nitrogen and oxygen atoms in total. The minimum absolute atomic E-state index is 0.138. The smallest absolute Gasteiger partial charge is 0.0736 e. The molecule has 0 radical (unpaired) electrons. The van der Waals surface area contributed by atoms with E-state index in [-0.39, 0.29) is 11.1 Å². The standard InChI is InChI=1S/C17H33NO2/c1-13(2)15-10-14(11-19-15)12-20-18-16(3,4)8-7-9-17(18,5)6/h13-15H,7-12H2,1-6H3/t14-,15+/m0/s1. The number of ether oxygens (including phenoxy) is 1. The molecule has 0 unspecified atom stereocenters. The molecule has 0 aromatic heterocycles. The van der Waals surface area contributed by atoms with Gasteiger partial charge in [0.2, 0.25) is 0 Å². The van der Waals surface area contributed by atoms with Gasteiger partial charge in [0.1, 0.15) is 0 Å². The van der Waals surface area contributed by atoms with Crippen molar-refractivity contribution in [1.82, 2.24) is 5.06 Å². The molecule has 20 heavy (non-hydrogen) atoms. The molecule has 0 aromatic rings. The summed E-state index contributed by atoms with van der Waals surface area (Å²) in [4.78, 5) is 6.28. The van der Waals surface area contributed by atoms with Gasteiger partial charge in [0.05, 0.1) is 19.3 Å². The highest BCUT2D eigenvalue weighted by molar-refractivity contribution is 4.93. The third-order valence-electron chi connectivity index (χ3n) is 4.97. The zero-order chi connectivity index (χ0) is 15.0. The first kappa shape index (κ1) is 16.3. The van der Waals surface area contributed by atoms with Gasteiger partial charge in [-0.2, -0.15) is 5.06 Å². The average Bonchev–Trinajstić information content (AvgIpc) is 2.75. The summed E-state index contributed by atoms with van der Waals surface area (Å²) in [5.41, 5.74) is 0.275. The number of nitrogens with zero attached hydrogens (tertiary/aromatic N) is 1. The van der Waals surface area contributed by atoms with E-state index in [0.29, 0.717) is 17.9 Å². The third-order valence-corrected chi connectivity index (χ3v) is 4.97. The zero-order valence-corrected chi connectivity index (χ0v) is 14.2. The van der Waals surface area contributed by atoms with Crippen LogP contribution in [-0.2, 0) is 9.57 Å². The largest absolute Gasteiger partial charge is 0.378 e. The highest BCUT2D eigenvalue weighted by Crippen LogP contribution is 2.39. The lowest BCUT2D eigenvalue weighted by Gasteiger charge is -2.51. The Labute approximate surface area is 125 Å². The molecule has 0 aromatic carbocycles. The number of hydroxylamine groups is 2. The van der Waals surface area contributed by atoms with E-state index in [1.54, 1.807) is 0 Å². The van der Waals surface area contributed by atoms with Crippen molar-refractivity contribution in [3.05, 3.63) is 0 Å². The van der Waals surface area contributed by atoms with Crippen molar-refractivity contribution in [2.45, 2.75) is 84.4 Å². The van der Waals surface area contributed by atoms with E-state index in [0.717, 1.165) is 19.6 Å². The van der Waals surface area contributed by atoms with Crippen molar-refractivity contribution in [2.24, 2.45) is 11.8 Å². The molecule has 0 saturated carbocycles. The summed E-state index contributed by atoms with van der Waals surface area (Å²) in [6, 6.07) is 0. The van der Waals surface area contributed by atoms with Gasteiger partial charge in [0.15, 0.2) is 0 Å². The van der Waals surface area contributed by atoms with Crippen LogP contribution in [0.4, 0.5) is 0 Å². The van der Waals surface area contributed by atoms with E-state index in [1.807, 2.05) is 0 Å². The van der Waals surface area contributed by atoms with E-state index in [9.17, 15) is 0 Å². The van der Waals surface area contributed by atoms with Gasteiger partial charge in [-0.1, -0.05) is 13.8 Å². The van der Waals surface area contributed by atoms with E-state index < -0.39 is 0 Å². The van der Waals surface area contributed by atoms with Crippen molar-refractivity contribution in [3.63, 3.8) is 0 Å². The lowest BCUT2D eigenvalue weighted by atomic mass is 9.82. The van der Waals surface area contributed by atoms with Crippen LogP contribution < -0.4 is 0 Å². The van der Waals surface area contributed by atoms with E-state index >= 15 is 0 Å². The van der Waals surface area contributed by atoms with Crippen LogP contribution in [0, 0.1) is 11.8 Å². The highest BCUT2D eigenvalue weighted by Gasteiger charge is 2.43. The summed E-state index contributed by atoms with van der Waals surface area (Å²) in [6.07, 6.45) is 5.29. The van der Waals surface area contributed by atoms with Crippen LogP contribution in [0.1, 0.15) is 67.2 Å². The Bertz CT molecular complexity index is 309. The Morgan fingerprint density at radius 2 is 1.75 bits per heavy atom. The molecular formula is C17H33NO2. The van der Waals surface area contributed by atoms with Gasteiger partial charge in [-0.05, 0) is 59.3 Å². The summed E-state index contributed by atoms with van der Waals surface area (Å²) in [6.45, 7) is 15.3. The minimum atomic E-state index is 0.138. The van der Waals surface area contributed by atoms with Gasteiger partial charge in [-0.25, -0.2) is 0 Å². The predicted molar refractivity (Wildman–Crippen MR) is 82.5 cm³/mol. The Kier molecular flexibility index (Phi) is 4.83. The molecule has 2 heterocycles. The summed E-state index contributed by atoms with van der Waals surface area (Å²) >= 11 is 0. The number of hydrogen-bond acceptors (Lipinski definition) is 3. The summed E-state index contributed by atoms with van der Waals surface area (Å²) in [5, 5.41) is 2.27. The second-order valence-electron chi connectivity index (χ2n) is 8.29. The van der Waals surface area contributed by atoms with Crippen LogP contribution in [0.2, 0.25) is 0 Å². The molecule has 3 heteroatoms. The lowest BCUT2D eigenvalue weighted by molar-refractivity contribution is -0.285. The van der Waals surface area contributed by atoms with Crippen molar-refractivity contribution >= 4 is 0 Å². The maximum atomic E-state index is 6.28. The van der Waals surface area contributed by atoms with Crippen molar-refractivity contribution in [1.29, 1.82) is 0 Å². The van der Waals surface area contributed by atoms with Gasteiger partial charge in [-0.3, -0.25) is 4.84 Å². The SMILES string of the molecule is CC(C)[C@H]1C[C@H](CON2C(C)(C)CCCC2(C)C)CO1. The molecule has 2 aliphatic rings. The molecule has 0 N–H and O–H groups in total. The van der Waals surface area contributed by atoms with Crippen LogP contribution in [0.25, 0.3) is 0 Å². The Balaban J connectivity index is 1.89. The first-order valence-electron chi connectivity index (χ1n) is 8.27. The second kappa shape index (κ2) is 5.94. The molecule has 118 valence electrons. The molecule has 2 atom stereocenters. The van der Waals surface area contributed by atoms with E-state index in [1.165, 1.54) is 19.3 Å². The van der Waals surface area contributed by atoms with Crippen LogP contribution >= 0.6 is 0 Å². The van der Waals surface area contributed by atoms with E-state index in [4.69, 9.17) is 9.57 Å². The quantitative estimate of drug-likeness (QED) is 0.778. The fourth-order valence-corrected chi connectivity index (χ4v) is 3.81. The maximum Gasteiger partial charge on any atom is 0.0736 e. The topological polar surface area (TPSA) is 21.7 Å². The van der Waals surface area contributed by atoms with Crippen LogP contribution in [0.5, 0.6) is 0 Å². The van der Waals surface area contributed by atoms with Crippen LogP contribution in [0.15, 0.2) is 0 Å². The average molecular weight is 283 g/mol. The van der Waals surface area contributed by atoms with Gasteiger partial charge in [0.25, 0.3) is 0 Å². The summed E-state index contributed by atoms with van der Waals surface area (Å²) < 4.78 is 5.87. The van der Waals surface area contributed by atoms with Crippen molar-refractivity contribution in [2.75, 3.05) is 13.2 Å². The lowest BCUT2D eigenvalue weighted by Crippen LogP contribution is -2.58. The predicted octanol–water partition coefficient (Wildman–Crippen LogP) is 4.02. The van der Waals surface area contributed by atoms with Crippen molar-refractivity contribution in [3.8, 4) is 0 Å². The molecule has 0 spiro atoms. The first-order valence-corrected chi connectivity index (χ1v) is 8.27. The minimum Gasteiger partial charge on any atom is -0.378 e. The fourth-order valence-electron chi connectivity index (χ4n) is 3.81. The molecule has 2 aliphatic heterocycles. The molecule has 0 bridgehead atoms. The normalized spacial score (nSPS) is 33.8. The molecule has 0 aliphatic carbocycles. The third kappa shape index (κ3) is 3.55. The monoisotopic (exact) mass is 283 g/mol. The summed E-state index contributed by atoms with van der Waals surface area (Å²) in [7, 11) is 0. The van der Waals surface area contributed by atoms with E-state index in [2.05, 4.69) is 46.6 Å². The number of piperidine rings is 1. The van der Waals surface area contributed by atoms with Crippen LogP contribution in [-0.4, -0.2) is 35.5 Å². The Morgan fingerprint density at radius 1 is 1.15 bits per heavy atom. The zero-order valence-electron chi connectivity index (χ0n) is 14.2. The maximum absolute atomic E-state index is 6.28. The van der Waals surface area contributed by atoms with Crippen molar-refractivity contribution < 1.29 is 9.57 Å². The van der Waals surface area contributed by atoms with Gasteiger partial charge < -0.3 is 4.74 Å². The fraction of sp³-hybridized carbons (Fsp3) is 1.00. The summed E-state index contributed by atoms with van der Waals surface area (Å²) in [5.74, 6) is 1.17. The van der Waals surface area contributed by atoms with Gasteiger partial charge >= 0.3 is 0 Å². The highest BCUT2D eigenvalue weighted by atomic mass is 16.7. The Morgan fingerprint density at radius 3 is 2.25 bits per heavy atom. The molecule has 2 fully saturated rings. The number of hydrogen-bond donors (Lipinski definition) is 0. The molecule has 2 saturated heterocycles. The first-order chi connectivity index (χ1) is 9.22. The van der Waals surface area contributed by atoms with Gasteiger partial charge in [0, 0.05) is 17.0 Å². The Hall–Kier alpha value is -0.120. The van der Waals surface area contributed by atoms with Gasteiger partial charge in [-0.15, -0.1) is 0 Å². The molecular weight excluding hydrogens is 250 g/mol. The number of rotatable bonds is 4. The molecule has 0 amide bonds. The van der Waals surface area contributed by atoms with Crippen LogP contribution in [0.3, 0.4) is 0 Å².